The summed E-state index contributed by atoms with van der Waals surface area (Å²) in [5, 5.41) is 5.00. The van der Waals surface area contributed by atoms with Gasteiger partial charge >= 0.3 is 0 Å². The summed E-state index contributed by atoms with van der Waals surface area (Å²) in [5.74, 6) is 0.592. The zero-order chi connectivity index (χ0) is 10.4. The maximum Gasteiger partial charge on any atom is 0.222 e. The van der Waals surface area contributed by atoms with E-state index in [0.29, 0.717) is 5.82 Å². The minimum absolute atomic E-state index is 0.189. The Balaban J connectivity index is 2.49. The van der Waals surface area contributed by atoms with E-state index in [-0.39, 0.29) is 5.95 Å². The molecule has 0 bridgehead atoms. The molecule has 0 atom stereocenters. The standard InChI is InChI=1S/C10H8N5/c11-9-6-1-2-7-5(3-4-13-7)8(6)14-10(12)15-9/h1-4H,(H4,11,12,14,15). The summed E-state index contributed by atoms with van der Waals surface area (Å²) in [4.78, 5) is 8.10. The summed E-state index contributed by atoms with van der Waals surface area (Å²) >= 11 is 0. The molecular weight excluding hydrogens is 190 g/mol. The molecule has 0 saturated heterocycles. The summed E-state index contributed by atoms with van der Waals surface area (Å²) in [5.41, 5.74) is 13.9. The van der Waals surface area contributed by atoms with E-state index >= 15 is 0 Å². The second-order valence-electron chi connectivity index (χ2n) is 3.31. The summed E-state index contributed by atoms with van der Waals surface area (Å²) in [6, 6.07) is 3.76. The zero-order valence-electron chi connectivity index (χ0n) is 7.81. The molecule has 3 rings (SSSR count). The highest BCUT2D eigenvalue weighted by Gasteiger charge is 2.13. The molecule has 1 aliphatic heterocycles. The highest BCUT2D eigenvalue weighted by Crippen LogP contribution is 2.31. The molecule has 15 heavy (non-hydrogen) atoms. The summed E-state index contributed by atoms with van der Waals surface area (Å²) in [6.07, 6.45) is 3.63. The lowest BCUT2D eigenvalue weighted by Crippen LogP contribution is -2.01. The van der Waals surface area contributed by atoms with E-state index in [4.69, 9.17) is 11.5 Å². The highest BCUT2D eigenvalue weighted by molar-refractivity contribution is 5.99. The molecule has 0 fully saturated rings. The Morgan fingerprint density at radius 3 is 2.80 bits per heavy atom. The second-order valence-corrected chi connectivity index (χ2v) is 3.31. The van der Waals surface area contributed by atoms with Gasteiger partial charge in [-0.15, -0.1) is 0 Å². The quantitative estimate of drug-likeness (QED) is 0.660. The lowest BCUT2D eigenvalue weighted by atomic mass is 10.1. The largest absolute Gasteiger partial charge is 0.383 e. The van der Waals surface area contributed by atoms with Crippen molar-refractivity contribution in [2.75, 3.05) is 11.5 Å². The minimum Gasteiger partial charge on any atom is -0.383 e. The molecule has 5 nitrogen and oxygen atoms in total. The molecule has 5 heteroatoms. The number of fused-ring (bicyclic) bond motifs is 3. The molecule has 2 heterocycles. The van der Waals surface area contributed by atoms with Gasteiger partial charge in [-0.2, -0.15) is 4.98 Å². The number of rotatable bonds is 0. The van der Waals surface area contributed by atoms with Gasteiger partial charge in [-0.1, -0.05) is 0 Å². The van der Waals surface area contributed by atoms with Gasteiger partial charge in [0, 0.05) is 17.1 Å². The third-order valence-corrected chi connectivity index (χ3v) is 2.39. The molecule has 0 spiro atoms. The number of benzene rings is 1. The van der Waals surface area contributed by atoms with Crippen LogP contribution in [-0.4, -0.2) is 9.97 Å². The summed E-state index contributed by atoms with van der Waals surface area (Å²) in [7, 11) is 0. The van der Waals surface area contributed by atoms with Crippen LogP contribution in [0.5, 0.6) is 0 Å². The second kappa shape index (κ2) is 2.60. The lowest BCUT2D eigenvalue weighted by molar-refractivity contribution is 1.21. The van der Waals surface area contributed by atoms with Gasteiger partial charge < -0.3 is 11.5 Å². The molecule has 4 N–H and O–H groups in total. The Hall–Kier alpha value is -2.30. The van der Waals surface area contributed by atoms with Crippen molar-refractivity contribution in [1.82, 2.24) is 15.3 Å². The van der Waals surface area contributed by atoms with E-state index in [1.165, 1.54) is 0 Å². The van der Waals surface area contributed by atoms with Gasteiger partial charge in [0.05, 0.1) is 11.2 Å². The summed E-state index contributed by atoms with van der Waals surface area (Å²) < 4.78 is 0. The Bertz CT molecular complexity index is 588. The van der Waals surface area contributed by atoms with Gasteiger partial charge in [-0.3, -0.25) is 5.32 Å². The summed E-state index contributed by atoms with van der Waals surface area (Å²) in [6.45, 7) is 0. The predicted molar refractivity (Wildman–Crippen MR) is 59.2 cm³/mol. The first-order chi connectivity index (χ1) is 7.25. The van der Waals surface area contributed by atoms with Crippen molar-refractivity contribution in [1.29, 1.82) is 0 Å². The van der Waals surface area contributed by atoms with Gasteiger partial charge in [-0.05, 0) is 18.2 Å². The SMILES string of the molecule is Nc1nc(N)c2ccc3c(c2n1)C=C[N]3. The number of anilines is 2. The van der Waals surface area contributed by atoms with E-state index in [9.17, 15) is 0 Å². The van der Waals surface area contributed by atoms with E-state index in [1.807, 2.05) is 18.2 Å². The van der Waals surface area contributed by atoms with Crippen LogP contribution in [-0.2, 0) is 0 Å². The molecule has 2 aromatic rings. The minimum atomic E-state index is 0.189. The number of hydrogen-bond donors (Lipinski definition) is 2. The normalized spacial score (nSPS) is 12.8. The van der Waals surface area contributed by atoms with Crippen LogP contribution in [0, 0.1) is 0 Å². The molecule has 0 aliphatic carbocycles. The molecule has 0 amide bonds. The van der Waals surface area contributed by atoms with Crippen molar-refractivity contribution in [3.8, 4) is 0 Å². The Morgan fingerprint density at radius 1 is 1.07 bits per heavy atom. The lowest BCUT2D eigenvalue weighted by Gasteiger charge is -2.05. The Morgan fingerprint density at radius 2 is 1.93 bits per heavy atom. The monoisotopic (exact) mass is 198 g/mol. The fraction of sp³-hybridized carbons (Fsp3) is 0. The maximum absolute atomic E-state index is 5.77. The van der Waals surface area contributed by atoms with Gasteiger partial charge in [0.2, 0.25) is 5.95 Å². The van der Waals surface area contributed by atoms with Gasteiger partial charge in [0.15, 0.2) is 0 Å². The Labute approximate surface area is 85.8 Å². The van der Waals surface area contributed by atoms with Crippen LogP contribution in [0.15, 0.2) is 18.3 Å². The molecular formula is C10H8N5. The third-order valence-electron chi connectivity index (χ3n) is 2.39. The van der Waals surface area contributed by atoms with Crippen LogP contribution in [0.1, 0.15) is 5.56 Å². The average Bonchev–Trinajstić information content (AvgIpc) is 2.65. The van der Waals surface area contributed by atoms with E-state index < -0.39 is 0 Å². The van der Waals surface area contributed by atoms with Crippen molar-refractivity contribution in [2.24, 2.45) is 0 Å². The number of nitrogens with two attached hydrogens (primary N) is 2. The molecule has 1 aliphatic rings. The van der Waals surface area contributed by atoms with E-state index in [1.54, 1.807) is 6.20 Å². The first kappa shape index (κ1) is 8.05. The third kappa shape index (κ3) is 1.03. The van der Waals surface area contributed by atoms with Crippen molar-refractivity contribution in [3.05, 3.63) is 23.9 Å². The van der Waals surface area contributed by atoms with Gasteiger partial charge in [-0.25, -0.2) is 4.98 Å². The van der Waals surface area contributed by atoms with E-state index in [2.05, 4.69) is 15.3 Å². The van der Waals surface area contributed by atoms with Crippen LogP contribution in [0.3, 0.4) is 0 Å². The fourth-order valence-electron chi connectivity index (χ4n) is 1.72. The molecule has 73 valence electrons. The van der Waals surface area contributed by atoms with Gasteiger partial charge in [0.1, 0.15) is 5.82 Å². The fourth-order valence-corrected chi connectivity index (χ4v) is 1.72. The smallest absolute Gasteiger partial charge is 0.222 e. The van der Waals surface area contributed by atoms with Crippen LogP contribution in [0.2, 0.25) is 0 Å². The van der Waals surface area contributed by atoms with Crippen LogP contribution >= 0.6 is 0 Å². The van der Waals surface area contributed by atoms with Gasteiger partial charge in [0.25, 0.3) is 0 Å². The first-order valence-electron chi connectivity index (χ1n) is 4.49. The maximum atomic E-state index is 5.77. The van der Waals surface area contributed by atoms with Crippen LogP contribution < -0.4 is 16.8 Å². The van der Waals surface area contributed by atoms with Crippen molar-refractivity contribution in [3.63, 3.8) is 0 Å². The Kier molecular flexibility index (Phi) is 1.39. The number of nitrogens with zero attached hydrogens (tertiary/aromatic N) is 3. The number of hydrogen-bond acceptors (Lipinski definition) is 4. The highest BCUT2D eigenvalue weighted by atomic mass is 15.0. The molecule has 1 aromatic heterocycles. The molecule has 1 aromatic carbocycles. The zero-order valence-corrected chi connectivity index (χ0v) is 7.81. The average molecular weight is 198 g/mol. The molecule has 0 saturated carbocycles. The topological polar surface area (TPSA) is 91.9 Å². The predicted octanol–water partition coefficient (Wildman–Crippen LogP) is 1.01. The number of nitrogen functional groups attached to an aromatic ring is 2. The van der Waals surface area contributed by atoms with Crippen molar-refractivity contribution >= 4 is 34.4 Å². The van der Waals surface area contributed by atoms with Crippen LogP contribution in [0.4, 0.5) is 17.5 Å². The number of aromatic nitrogens is 2. The van der Waals surface area contributed by atoms with Crippen LogP contribution in [0.25, 0.3) is 17.0 Å². The first-order valence-corrected chi connectivity index (χ1v) is 4.49. The van der Waals surface area contributed by atoms with Crippen molar-refractivity contribution < 1.29 is 0 Å². The molecule has 0 unspecified atom stereocenters. The molecule has 1 radical (unpaired) electrons. The van der Waals surface area contributed by atoms with E-state index in [0.717, 1.165) is 22.2 Å². The van der Waals surface area contributed by atoms with Crippen molar-refractivity contribution in [2.45, 2.75) is 0 Å².